The number of rotatable bonds is 5. The van der Waals surface area contributed by atoms with Gasteiger partial charge >= 0.3 is 6.18 Å². The van der Waals surface area contributed by atoms with E-state index >= 15 is 0 Å². The van der Waals surface area contributed by atoms with E-state index in [1.54, 1.807) is 4.68 Å². The zero-order valence-corrected chi connectivity index (χ0v) is 14.5. The Hall–Kier alpha value is -2.45. The molecular weight excluding hydrogens is 335 g/mol. The van der Waals surface area contributed by atoms with Crippen LogP contribution in [0.1, 0.15) is 40.6 Å². The number of nitrogens with one attached hydrogen (secondary N) is 1. The second kappa shape index (κ2) is 7.20. The Balaban J connectivity index is 1.95. The molecule has 0 aliphatic carbocycles. The number of hydrogen-bond acceptors (Lipinski definition) is 4. The van der Waals surface area contributed by atoms with Gasteiger partial charge in [0, 0.05) is 24.9 Å². The van der Waals surface area contributed by atoms with E-state index in [0.717, 1.165) is 23.0 Å². The van der Waals surface area contributed by atoms with Crippen molar-refractivity contribution in [3.05, 3.63) is 40.2 Å². The van der Waals surface area contributed by atoms with E-state index < -0.39 is 11.9 Å². The number of carbonyl (C=O) groups excluding carboxylic acids is 1. The van der Waals surface area contributed by atoms with Crippen molar-refractivity contribution < 1.29 is 18.0 Å². The fourth-order valence-electron chi connectivity index (χ4n) is 2.54. The monoisotopic (exact) mass is 355 g/mol. The molecule has 25 heavy (non-hydrogen) atoms. The SMILES string of the molecule is Cc1cc(C(F)(F)F)nc(CNC(=O)CCc2c(C)nn(C)c2C)n1. The molecule has 2 aromatic heterocycles. The summed E-state index contributed by atoms with van der Waals surface area (Å²) in [6, 6.07) is 0.874. The van der Waals surface area contributed by atoms with E-state index in [2.05, 4.69) is 20.4 Å². The number of carbonyl (C=O) groups is 1. The van der Waals surface area contributed by atoms with Gasteiger partial charge in [-0.15, -0.1) is 0 Å². The average Bonchev–Trinajstić information content (AvgIpc) is 2.74. The minimum absolute atomic E-state index is 0.0607. The molecule has 0 unspecified atom stereocenters. The molecule has 0 aromatic carbocycles. The van der Waals surface area contributed by atoms with Gasteiger partial charge in [0.05, 0.1) is 12.2 Å². The van der Waals surface area contributed by atoms with Gasteiger partial charge in [-0.25, -0.2) is 9.97 Å². The number of halogens is 3. The molecule has 0 fully saturated rings. The first-order valence-electron chi connectivity index (χ1n) is 7.75. The van der Waals surface area contributed by atoms with Crippen molar-refractivity contribution >= 4 is 5.91 Å². The Morgan fingerprint density at radius 3 is 2.48 bits per heavy atom. The molecule has 2 aromatic rings. The second-order valence-corrected chi connectivity index (χ2v) is 5.86. The van der Waals surface area contributed by atoms with Crippen LogP contribution in [0, 0.1) is 20.8 Å². The van der Waals surface area contributed by atoms with Crippen LogP contribution in [0.5, 0.6) is 0 Å². The largest absolute Gasteiger partial charge is 0.433 e. The molecule has 0 aliphatic heterocycles. The highest BCUT2D eigenvalue weighted by Gasteiger charge is 2.33. The van der Waals surface area contributed by atoms with Gasteiger partial charge in [0.1, 0.15) is 11.5 Å². The Kier molecular flexibility index (Phi) is 5.44. The van der Waals surface area contributed by atoms with Crippen LogP contribution in [-0.2, 0) is 31.0 Å². The molecule has 2 rings (SSSR count). The molecule has 2 heterocycles. The molecule has 6 nitrogen and oxygen atoms in total. The third kappa shape index (κ3) is 4.77. The highest BCUT2D eigenvalue weighted by Crippen LogP contribution is 2.27. The summed E-state index contributed by atoms with van der Waals surface area (Å²) in [6.45, 7) is 5.11. The van der Waals surface area contributed by atoms with Crippen molar-refractivity contribution in [1.29, 1.82) is 0 Å². The first-order valence-corrected chi connectivity index (χ1v) is 7.75. The molecule has 9 heteroatoms. The minimum Gasteiger partial charge on any atom is -0.349 e. The Bertz CT molecular complexity index is 783. The lowest BCUT2D eigenvalue weighted by Crippen LogP contribution is -2.25. The topological polar surface area (TPSA) is 72.7 Å². The van der Waals surface area contributed by atoms with Crippen molar-refractivity contribution in [3.63, 3.8) is 0 Å². The van der Waals surface area contributed by atoms with Crippen molar-refractivity contribution in [2.75, 3.05) is 0 Å². The van der Waals surface area contributed by atoms with Gasteiger partial charge in [0.25, 0.3) is 0 Å². The van der Waals surface area contributed by atoms with E-state index in [4.69, 9.17) is 0 Å². The van der Waals surface area contributed by atoms with Crippen LogP contribution in [0.15, 0.2) is 6.07 Å². The van der Waals surface area contributed by atoms with Crippen LogP contribution >= 0.6 is 0 Å². The lowest BCUT2D eigenvalue weighted by Gasteiger charge is -2.09. The molecule has 0 spiro atoms. The van der Waals surface area contributed by atoms with Crippen LogP contribution in [0.4, 0.5) is 13.2 Å². The molecular formula is C16H20F3N5O. The molecule has 0 saturated carbocycles. The fourth-order valence-corrected chi connectivity index (χ4v) is 2.54. The molecule has 0 radical (unpaired) electrons. The lowest BCUT2D eigenvalue weighted by molar-refractivity contribution is -0.141. The summed E-state index contributed by atoms with van der Waals surface area (Å²) >= 11 is 0. The van der Waals surface area contributed by atoms with Crippen molar-refractivity contribution in [3.8, 4) is 0 Å². The lowest BCUT2D eigenvalue weighted by atomic mass is 10.1. The minimum atomic E-state index is -4.54. The summed E-state index contributed by atoms with van der Waals surface area (Å²) in [5.41, 5.74) is 2.05. The van der Waals surface area contributed by atoms with Gasteiger partial charge in [-0.1, -0.05) is 0 Å². The van der Waals surface area contributed by atoms with Crippen LogP contribution in [0.2, 0.25) is 0 Å². The van der Waals surface area contributed by atoms with Crippen molar-refractivity contribution in [2.24, 2.45) is 7.05 Å². The van der Waals surface area contributed by atoms with Gasteiger partial charge in [0.15, 0.2) is 0 Å². The van der Waals surface area contributed by atoms with Crippen LogP contribution in [0.25, 0.3) is 0 Å². The van der Waals surface area contributed by atoms with E-state index in [1.165, 1.54) is 6.92 Å². The van der Waals surface area contributed by atoms with Crippen molar-refractivity contribution in [1.82, 2.24) is 25.1 Å². The summed E-state index contributed by atoms with van der Waals surface area (Å²) in [5, 5.41) is 6.85. The third-order valence-corrected chi connectivity index (χ3v) is 3.90. The van der Waals surface area contributed by atoms with Crippen LogP contribution in [0.3, 0.4) is 0 Å². The maximum atomic E-state index is 12.7. The summed E-state index contributed by atoms with van der Waals surface area (Å²) < 4.78 is 40.0. The average molecular weight is 355 g/mol. The van der Waals surface area contributed by atoms with Crippen molar-refractivity contribution in [2.45, 2.75) is 46.3 Å². The van der Waals surface area contributed by atoms with Crippen LogP contribution < -0.4 is 5.32 Å². The Labute approximate surface area is 143 Å². The predicted molar refractivity (Wildman–Crippen MR) is 84.6 cm³/mol. The van der Waals surface area contributed by atoms with E-state index in [0.29, 0.717) is 6.42 Å². The maximum Gasteiger partial charge on any atom is 0.433 e. The number of nitrogens with zero attached hydrogens (tertiary/aromatic N) is 4. The van der Waals surface area contributed by atoms with Gasteiger partial charge in [-0.05, 0) is 38.8 Å². The normalized spacial score (nSPS) is 11.6. The molecule has 0 aliphatic rings. The van der Waals surface area contributed by atoms with Crippen LogP contribution in [-0.4, -0.2) is 25.7 Å². The summed E-state index contributed by atoms with van der Waals surface area (Å²) in [7, 11) is 1.83. The zero-order chi connectivity index (χ0) is 18.8. The first-order chi connectivity index (χ1) is 11.6. The quantitative estimate of drug-likeness (QED) is 0.894. The zero-order valence-electron chi connectivity index (χ0n) is 14.5. The Morgan fingerprint density at radius 1 is 1.24 bits per heavy atom. The van der Waals surface area contributed by atoms with Gasteiger partial charge in [-0.2, -0.15) is 18.3 Å². The predicted octanol–water partition coefficient (Wildman–Crippen LogP) is 2.40. The highest BCUT2D eigenvalue weighted by atomic mass is 19.4. The van der Waals surface area contributed by atoms with Gasteiger partial charge in [0.2, 0.25) is 5.91 Å². The molecule has 0 atom stereocenters. The number of aromatic nitrogens is 4. The highest BCUT2D eigenvalue weighted by molar-refractivity contribution is 5.76. The third-order valence-electron chi connectivity index (χ3n) is 3.90. The molecule has 0 saturated heterocycles. The number of alkyl halides is 3. The fraction of sp³-hybridized carbons (Fsp3) is 0.500. The van der Waals surface area contributed by atoms with Gasteiger partial charge < -0.3 is 5.32 Å². The molecule has 136 valence electrons. The molecule has 1 N–H and O–H groups in total. The number of hydrogen-bond donors (Lipinski definition) is 1. The van der Waals surface area contributed by atoms with E-state index in [1.807, 2.05) is 20.9 Å². The number of aryl methyl sites for hydroxylation is 3. The van der Waals surface area contributed by atoms with E-state index in [9.17, 15) is 18.0 Å². The Morgan fingerprint density at radius 2 is 1.92 bits per heavy atom. The molecule has 0 bridgehead atoms. The maximum absolute atomic E-state index is 12.7. The standard InChI is InChI=1S/C16H20F3N5O/c1-9-7-13(16(17,18)19)22-14(21-9)8-20-15(25)6-5-12-10(2)23-24(4)11(12)3/h7H,5-6,8H2,1-4H3,(H,20,25). The smallest absolute Gasteiger partial charge is 0.349 e. The second-order valence-electron chi connectivity index (χ2n) is 5.86. The summed E-state index contributed by atoms with van der Waals surface area (Å²) in [4.78, 5) is 19.4. The van der Waals surface area contributed by atoms with Gasteiger partial charge in [-0.3, -0.25) is 9.48 Å². The summed E-state index contributed by atoms with van der Waals surface area (Å²) in [5.74, 6) is -0.337. The van der Waals surface area contributed by atoms with E-state index in [-0.39, 0.29) is 30.4 Å². The molecule has 1 amide bonds. The summed E-state index contributed by atoms with van der Waals surface area (Å²) in [6.07, 6.45) is -3.81. The number of amides is 1. The first kappa shape index (κ1) is 18.9.